The highest BCUT2D eigenvalue weighted by molar-refractivity contribution is 7.10. The first kappa shape index (κ1) is 15.3. The third-order valence-electron chi connectivity index (χ3n) is 4.68. The zero-order valence-electron chi connectivity index (χ0n) is 13.2. The summed E-state index contributed by atoms with van der Waals surface area (Å²) in [6.45, 7) is 2.30. The lowest BCUT2D eigenvalue weighted by molar-refractivity contribution is -0.134. The molecule has 24 heavy (non-hydrogen) atoms. The van der Waals surface area contributed by atoms with Crippen molar-refractivity contribution in [1.82, 2.24) is 19.8 Å². The number of carbonyl (C=O) groups is 2. The minimum Gasteiger partial charge on any atom is -0.339 e. The molecular formula is C17H18N4O2S. The van der Waals surface area contributed by atoms with Crippen LogP contribution in [0.25, 0.3) is 0 Å². The van der Waals surface area contributed by atoms with Crippen molar-refractivity contribution < 1.29 is 9.59 Å². The van der Waals surface area contributed by atoms with Crippen LogP contribution < -0.4 is 0 Å². The fourth-order valence-electron chi connectivity index (χ4n) is 3.22. The van der Waals surface area contributed by atoms with Crippen LogP contribution in [0, 0.1) is 5.92 Å². The summed E-state index contributed by atoms with van der Waals surface area (Å²) in [5.74, 6) is 0.653. The summed E-state index contributed by atoms with van der Waals surface area (Å²) in [6, 6.07) is 4.15. The van der Waals surface area contributed by atoms with Crippen molar-refractivity contribution in [2.75, 3.05) is 26.2 Å². The van der Waals surface area contributed by atoms with Gasteiger partial charge in [0.2, 0.25) is 5.91 Å². The van der Waals surface area contributed by atoms with E-state index in [1.54, 1.807) is 22.4 Å². The minimum absolute atomic E-state index is 0.113. The molecular weight excluding hydrogens is 324 g/mol. The summed E-state index contributed by atoms with van der Waals surface area (Å²) in [7, 11) is 0. The van der Waals surface area contributed by atoms with Crippen LogP contribution in [0.5, 0.6) is 0 Å². The molecule has 2 aromatic heterocycles. The van der Waals surface area contributed by atoms with E-state index in [0.29, 0.717) is 37.8 Å². The maximum atomic E-state index is 12.6. The monoisotopic (exact) mass is 342 g/mol. The van der Waals surface area contributed by atoms with Gasteiger partial charge in [-0.15, -0.1) is 11.3 Å². The van der Waals surface area contributed by atoms with Crippen molar-refractivity contribution in [2.45, 2.75) is 12.3 Å². The maximum Gasteiger partial charge on any atom is 0.274 e. The van der Waals surface area contributed by atoms with Crippen molar-refractivity contribution >= 4 is 23.2 Å². The highest BCUT2D eigenvalue weighted by Gasteiger charge is 2.46. The van der Waals surface area contributed by atoms with Gasteiger partial charge < -0.3 is 9.80 Å². The quantitative estimate of drug-likeness (QED) is 0.850. The molecule has 6 nitrogen and oxygen atoms in total. The van der Waals surface area contributed by atoms with Gasteiger partial charge in [0, 0.05) is 55.3 Å². The maximum absolute atomic E-state index is 12.6. The van der Waals surface area contributed by atoms with Crippen LogP contribution in [0.3, 0.4) is 0 Å². The Morgan fingerprint density at radius 1 is 1.12 bits per heavy atom. The molecule has 0 spiro atoms. The fourth-order valence-corrected chi connectivity index (χ4v) is 4.13. The highest BCUT2D eigenvalue weighted by Crippen LogP contribution is 2.50. The topological polar surface area (TPSA) is 66.4 Å². The van der Waals surface area contributed by atoms with Gasteiger partial charge in [0.1, 0.15) is 5.69 Å². The van der Waals surface area contributed by atoms with Gasteiger partial charge >= 0.3 is 0 Å². The third kappa shape index (κ3) is 2.91. The smallest absolute Gasteiger partial charge is 0.274 e. The molecule has 1 saturated heterocycles. The number of carbonyl (C=O) groups excluding carboxylic acids is 2. The molecule has 7 heteroatoms. The first-order valence-electron chi connectivity index (χ1n) is 8.11. The summed E-state index contributed by atoms with van der Waals surface area (Å²) >= 11 is 1.73. The van der Waals surface area contributed by atoms with Gasteiger partial charge in [-0.05, 0) is 17.9 Å². The zero-order chi connectivity index (χ0) is 16.5. The summed E-state index contributed by atoms with van der Waals surface area (Å²) in [5.41, 5.74) is 0.359. The molecule has 0 N–H and O–H groups in total. The van der Waals surface area contributed by atoms with Crippen LogP contribution in [-0.2, 0) is 4.79 Å². The van der Waals surface area contributed by atoms with E-state index in [1.165, 1.54) is 17.3 Å². The number of piperazine rings is 1. The Morgan fingerprint density at radius 2 is 1.92 bits per heavy atom. The number of hydrogen-bond acceptors (Lipinski definition) is 5. The van der Waals surface area contributed by atoms with Crippen LogP contribution in [0.15, 0.2) is 36.1 Å². The third-order valence-corrected chi connectivity index (χ3v) is 5.68. The molecule has 0 bridgehead atoms. The molecule has 2 atom stereocenters. The zero-order valence-corrected chi connectivity index (χ0v) is 14.0. The second-order valence-corrected chi connectivity index (χ2v) is 7.15. The average Bonchev–Trinajstić information content (AvgIpc) is 3.26. The molecule has 4 rings (SSSR count). The predicted octanol–water partition coefficient (Wildman–Crippen LogP) is 1.63. The minimum atomic E-state index is -0.113. The summed E-state index contributed by atoms with van der Waals surface area (Å²) in [6.07, 6.45) is 5.51. The van der Waals surface area contributed by atoms with E-state index < -0.39 is 0 Å². The standard InChI is InChI=1S/C17H18N4O2S/c22-16(13-10-12(13)15-2-1-9-24-15)20-5-7-21(8-6-20)17(23)14-11-18-3-4-19-14/h1-4,9,11-13H,5-8,10H2. The molecule has 1 aliphatic carbocycles. The Balaban J connectivity index is 1.32. The SMILES string of the molecule is O=C(c1cnccn1)N1CCN(C(=O)C2CC2c2cccs2)CC1. The molecule has 2 unspecified atom stereocenters. The predicted molar refractivity (Wildman–Crippen MR) is 89.7 cm³/mol. The number of hydrogen-bond donors (Lipinski definition) is 0. The van der Waals surface area contributed by atoms with Gasteiger partial charge in [0.15, 0.2) is 0 Å². The molecule has 3 heterocycles. The largest absolute Gasteiger partial charge is 0.339 e. The Kier molecular flexibility index (Phi) is 4.02. The summed E-state index contributed by atoms with van der Waals surface area (Å²) in [4.78, 5) is 37.9. The number of aromatic nitrogens is 2. The van der Waals surface area contributed by atoms with Gasteiger partial charge in [-0.2, -0.15) is 0 Å². The van der Waals surface area contributed by atoms with Crippen LogP contribution in [-0.4, -0.2) is 57.8 Å². The second kappa shape index (κ2) is 6.32. The van der Waals surface area contributed by atoms with Crippen molar-refractivity contribution in [3.05, 3.63) is 46.7 Å². The van der Waals surface area contributed by atoms with E-state index in [9.17, 15) is 9.59 Å². The van der Waals surface area contributed by atoms with E-state index in [1.807, 2.05) is 11.0 Å². The lowest BCUT2D eigenvalue weighted by Crippen LogP contribution is -2.51. The average molecular weight is 342 g/mol. The molecule has 124 valence electrons. The number of rotatable bonds is 3. The van der Waals surface area contributed by atoms with E-state index in [4.69, 9.17) is 0 Å². The van der Waals surface area contributed by atoms with Gasteiger partial charge in [-0.1, -0.05) is 6.07 Å². The fraction of sp³-hybridized carbons (Fsp3) is 0.412. The van der Waals surface area contributed by atoms with E-state index >= 15 is 0 Å². The molecule has 0 radical (unpaired) electrons. The van der Waals surface area contributed by atoms with E-state index in [2.05, 4.69) is 21.4 Å². The molecule has 2 amide bonds. The lowest BCUT2D eigenvalue weighted by atomic mass is 10.2. The Bertz CT molecular complexity index is 726. The molecule has 2 fully saturated rings. The Morgan fingerprint density at radius 3 is 2.58 bits per heavy atom. The van der Waals surface area contributed by atoms with Crippen LogP contribution in [0.4, 0.5) is 0 Å². The van der Waals surface area contributed by atoms with Crippen LogP contribution in [0.1, 0.15) is 27.7 Å². The normalized spacial score (nSPS) is 23.2. The molecule has 2 aromatic rings. The molecule has 2 aliphatic rings. The van der Waals surface area contributed by atoms with Gasteiger partial charge in [-0.25, -0.2) is 4.98 Å². The summed E-state index contributed by atoms with van der Waals surface area (Å²) in [5, 5.41) is 2.06. The van der Waals surface area contributed by atoms with E-state index in [0.717, 1.165) is 6.42 Å². The second-order valence-electron chi connectivity index (χ2n) is 6.17. The highest BCUT2D eigenvalue weighted by atomic mass is 32.1. The summed E-state index contributed by atoms with van der Waals surface area (Å²) < 4.78 is 0. The first-order chi connectivity index (χ1) is 11.7. The van der Waals surface area contributed by atoms with Crippen molar-refractivity contribution in [1.29, 1.82) is 0 Å². The number of thiophene rings is 1. The van der Waals surface area contributed by atoms with Crippen molar-refractivity contribution in [3.63, 3.8) is 0 Å². The molecule has 1 aliphatic heterocycles. The Labute approximate surface area is 144 Å². The molecule has 0 aromatic carbocycles. The van der Waals surface area contributed by atoms with Crippen molar-refractivity contribution in [2.24, 2.45) is 5.92 Å². The van der Waals surface area contributed by atoms with Crippen LogP contribution in [0.2, 0.25) is 0 Å². The number of amides is 2. The van der Waals surface area contributed by atoms with Gasteiger partial charge in [-0.3, -0.25) is 14.6 Å². The van der Waals surface area contributed by atoms with E-state index in [-0.39, 0.29) is 17.7 Å². The van der Waals surface area contributed by atoms with Crippen LogP contribution >= 0.6 is 11.3 Å². The van der Waals surface area contributed by atoms with Crippen molar-refractivity contribution in [3.8, 4) is 0 Å². The Hall–Kier alpha value is -2.28. The lowest BCUT2D eigenvalue weighted by Gasteiger charge is -2.34. The van der Waals surface area contributed by atoms with Gasteiger partial charge in [0.05, 0.1) is 6.20 Å². The van der Waals surface area contributed by atoms with Gasteiger partial charge in [0.25, 0.3) is 5.91 Å². The first-order valence-corrected chi connectivity index (χ1v) is 8.99. The molecule has 1 saturated carbocycles. The number of nitrogens with zero attached hydrogens (tertiary/aromatic N) is 4.